The van der Waals surface area contributed by atoms with E-state index in [0.29, 0.717) is 24.0 Å². The average molecular weight is 361 g/mol. The lowest BCUT2D eigenvalue weighted by Crippen LogP contribution is -2.31. The van der Waals surface area contributed by atoms with Gasteiger partial charge in [-0.15, -0.1) is 0 Å². The van der Waals surface area contributed by atoms with E-state index >= 15 is 0 Å². The second-order valence-electron chi connectivity index (χ2n) is 6.40. The van der Waals surface area contributed by atoms with Crippen LogP contribution in [-0.2, 0) is 0 Å². The molecule has 1 N–H and O–H groups in total. The number of nitrogens with one attached hydrogen (secondary N) is 1. The minimum absolute atomic E-state index is 0.103. The third kappa shape index (κ3) is 3.74. The molecule has 0 spiro atoms. The molecule has 8 heteroatoms. The lowest BCUT2D eigenvalue weighted by atomic mass is 10.1. The summed E-state index contributed by atoms with van der Waals surface area (Å²) in [5.74, 6) is 1.01. The second-order valence-corrected chi connectivity index (χ2v) is 6.40. The van der Waals surface area contributed by atoms with Crippen molar-refractivity contribution >= 4 is 17.7 Å². The number of carbonyl (C=O) groups is 1. The lowest BCUT2D eigenvalue weighted by Gasteiger charge is -2.24. The van der Waals surface area contributed by atoms with Crippen molar-refractivity contribution in [1.29, 1.82) is 0 Å². The van der Waals surface area contributed by atoms with Crippen LogP contribution in [0.15, 0.2) is 49.2 Å². The molecule has 0 saturated carbocycles. The average Bonchev–Trinajstić information content (AvgIpc) is 3.20. The fourth-order valence-corrected chi connectivity index (χ4v) is 3.15. The fraction of sp³-hybridized carbons (Fsp3) is 0.263. The Morgan fingerprint density at radius 3 is 2.81 bits per heavy atom. The topological polar surface area (TPSA) is 96.8 Å². The molecule has 1 atom stereocenters. The highest BCUT2D eigenvalue weighted by molar-refractivity contribution is 5.92. The molecular weight excluding hydrogens is 342 g/mol. The van der Waals surface area contributed by atoms with Gasteiger partial charge in [0.05, 0.1) is 17.9 Å². The quantitative estimate of drug-likeness (QED) is 0.763. The number of aryl methyl sites for hydroxylation is 1. The molecule has 0 radical (unpaired) electrons. The van der Waals surface area contributed by atoms with Crippen LogP contribution in [-0.4, -0.2) is 42.3 Å². The summed E-state index contributed by atoms with van der Waals surface area (Å²) in [5.41, 5.74) is 2.23. The van der Waals surface area contributed by atoms with E-state index in [2.05, 4.69) is 30.2 Å². The lowest BCUT2D eigenvalue weighted by molar-refractivity contribution is 0.0726. The maximum absolute atomic E-state index is 12.8. The van der Waals surface area contributed by atoms with Crippen LogP contribution in [0.25, 0.3) is 0 Å². The Hall–Kier alpha value is -3.42. The van der Waals surface area contributed by atoms with E-state index in [1.54, 1.807) is 23.5 Å². The zero-order valence-electron chi connectivity index (χ0n) is 14.9. The number of pyridine rings is 1. The van der Waals surface area contributed by atoms with Gasteiger partial charge in [-0.25, -0.2) is 19.9 Å². The van der Waals surface area contributed by atoms with Crippen LogP contribution >= 0.6 is 0 Å². The number of amides is 1. The van der Waals surface area contributed by atoms with E-state index in [1.807, 2.05) is 25.1 Å². The highest BCUT2D eigenvalue weighted by Crippen LogP contribution is 2.32. The van der Waals surface area contributed by atoms with Gasteiger partial charge in [-0.3, -0.25) is 9.78 Å². The maximum Gasteiger partial charge on any atom is 0.274 e. The van der Waals surface area contributed by atoms with Crippen molar-refractivity contribution in [1.82, 2.24) is 29.8 Å². The molecule has 136 valence electrons. The largest absolute Gasteiger partial charge is 0.329 e. The van der Waals surface area contributed by atoms with Gasteiger partial charge in [0.15, 0.2) is 0 Å². The summed E-state index contributed by atoms with van der Waals surface area (Å²) in [6.45, 7) is 2.66. The van der Waals surface area contributed by atoms with Gasteiger partial charge in [0, 0.05) is 31.3 Å². The SMILES string of the molecule is Cc1ccc(Nc2nccc([C@@H]3CCCN3C(=O)c3cnccn3)n2)nc1. The van der Waals surface area contributed by atoms with E-state index < -0.39 is 0 Å². The number of hydrogen-bond acceptors (Lipinski definition) is 7. The van der Waals surface area contributed by atoms with Crippen molar-refractivity contribution in [3.63, 3.8) is 0 Å². The number of nitrogens with zero attached hydrogens (tertiary/aromatic N) is 6. The van der Waals surface area contributed by atoms with Crippen LogP contribution in [0.1, 0.15) is 40.6 Å². The van der Waals surface area contributed by atoms with Crippen LogP contribution in [0.4, 0.5) is 11.8 Å². The highest BCUT2D eigenvalue weighted by atomic mass is 16.2. The first-order valence-corrected chi connectivity index (χ1v) is 8.80. The number of rotatable bonds is 4. The molecule has 27 heavy (non-hydrogen) atoms. The smallest absolute Gasteiger partial charge is 0.274 e. The van der Waals surface area contributed by atoms with Gasteiger partial charge < -0.3 is 10.2 Å². The van der Waals surface area contributed by atoms with Crippen LogP contribution in [0.2, 0.25) is 0 Å². The first-order chi connectivity index (χ1) is 13.2. The minimum atomic E-state index is -0.126. The van der Waals surface area contributed by atoms with Gasteiger partial charge >= 0.3 is 0 Å². The third-order valence-electron chi connectivity index (χ3n) is 4.47. The monoisotopic (exact) mass is 361 g/mol. The van der Waals surface area contributed by atoms with Crippen LogP contribution in [0, 0.1) is 6.92 Å². The van der Waals surface area contributed by atoms with Gasteiger partial charge in [0.1, 0.15) is 11.5 Å². The summed E-state index contributed by atoms with van der Waals surface area (Å²) in [5, 5.41) is 3.11. The van der Waals surface area contributed by atoms with Gasteiger partial charge in [-0.2, -0.15) is 0 Å². The van der Waals surface area contributed by atoms with E-state index in [0.717, 1.165) is 24.1 Å². The maximum atomic E-state index is 12.8. The molecule has 1 fully saturated rings. The van der Waals surface area contributed by atoms with Crippen molar-refractivity contribution in [2.24, 2.45) is 0 Å². The standard InChI is InChI=1S/C19H19N7O/c1-13-4-5-17(23-11-13)25-19-22-7-6-14(24-19)16-3-2-10-26(16)18(27)15-12-20-8-9-21-15/h4-9,11-12,16H,2-3,10H2,1H3,(H,22,23,24,25)/t16-/m0/s1. The number of hydrogen-bond donors (Lipinski definition) is 1. The molecule has 1 amide bonds. The Balaban J connectivity index is 1.55. The van der Waals surface area contributed by atoms with Gasteiger partial charge in [-0.05, 0) is 37.5 Å². The van der Waals surface area contributed by atoms with Crippen molar-refractivity contribution in [2.45, 2.75) is 25.8 Å². The van der Waals surface area contributed by atoms with E-state index in [-0.39, 0.29) is 11.9 Å². The van der Waals surface area contributed by atoms with Crippen LogP contribution in [0.3, 0.4) is 0 Å². The predicted molar refractivity (Wildman–Crippen MR) is 99.3 cm³/mol. The molecule has 8 nitrogen and oxygen atoms in total. The summed E-state index contributed by atoms with van der Waals surface area (Å²) in [6.07, 6.45) is 9.83. The summed E-state index contributed by atoms with van der Waals surface area (Å²) in [6, 6.07) is 5.59. The second kappa shape index (κ2) is 7.45. The molecule has 1 aliphatic heterocycles. The van der Waals surface area contributed by atoms with Crippen molar-refractivity contribution < 1.29 is 4.79 Å². The van der Waals surface area contributed by atoms with Crippen molar-refractivity contribution in [2.75, 3.05) is 11.9 Å². The normalized spacial score (nSPS) is 16.3. The molecule has 4 rings (SSSR count). The Kier molecular flexibility index (Phi) is 4.69. The summed E-state index contributed by atoms with van der Waals surface area (Å²) < 4.78 is 0. The van der Waals surface area contributed by atoms with Crippen LogP contribution < -0.4 is 5.32 Å². The molecule has 4 heterocycles. The van der Waals surface area contributed by atoms with Crippen molar-refractivity contribution in [3.8, 4) is 0 Å². The Labute approximate surface area is 156 Å². The number of likely N-dealkylation sites (tertiary alicyclic amines) is 1. The zero-order chi connectivity index (χ0) is 18.6. The van der Waals surface area contributed by atoms with Gasteiger partial charge in [-0.1, -0.05) is 6.07 Å². The number of carbonyl (C=O) groups excluding carboxylic acids is 1. The Bertz CT molecular complexity index is 930. The number of anilines is 2. The first kappa shape index (κ1) is 17.0. The van der Waals surface area contributed by atoms with Gasteiger partial charge in [0.25, 0.3) is 5.91 Å². The molecule has 1 saturated heterocycles. The molecule has 0 aliphatic carbocycles. The molecule has 0 aromatic carbocycles. The Morgan fingerprint density at radius 2 is 2.04 bits per heavy atom. The predicted octanol–water partition coefficient (Wildman–Crippen LogP) is 2.69. The third-order valence-corrected chi connectivity index (χ3v) is 4.47. The first-order valence-electron chi connectivity index (χ1n) is 8.80. The number of aromatic nitrogens is 5. The summed E-state index contributed by atoms with van der Waals surface area (Å²) >= 11 is 0. The molecular formula is C19H19N7O. The molecule has 3 aromatic rings. The fourth-order valence-electron chi connectivity index (χ4n) is 3.15. The molecule has 1 aliphatic rings. The zero-order valence-corrected chi connectivity index (χ0v) is 14.9. The van der Waals surface area contributed by atoms with E-state index in [4.69, 9.17) is 0 Å². The highest BCUT2D eigenvalue weighted by Gasteiger charge is 2.32. The molecule has 3 aromatic heterocycles. The van der Waals surface area contributed by atoms with Gasteiger partial charge in [0.2, 0.25) is 5.95 Å². The van der Waals surface area contributed by atoms with Crippen molar-refractivity contribution in [3.05, 3.63) is 66.1 Å². The Morgan fingerprint density at radius 1 is 1.11 bits per heavy atom. The van der Waals surface area contributed by atoms with Crippen LogP contribution in [0.5, 0.6) is 0 Å². The minimum Gasteiger partial charge on any atom is -0.329 e. The van der Waals surface area contributed by atoms with E-state index in [9.17, 15) is 4.79 Å². The molecule has 0 unspecified atom stereocenters. The summed E-state index contributed by atoms with van der Waals surface area (Å²) in [4.78, 5) is 35.9. The molecule has 0 bridgehead atoms. The summed E-state index contributed by atoms with van der Waals surface area (Å²) in [7, 11) is 0. The van der Waals surface area contributed by atoms with E-state index in [1.165, 1.54) is 12.4 Å².